The quantitative estimate of drug-likeness (QED) is 0.887. The van der Waals surface area contributed by atoms with Gasteiger partial charge in [-0.05, 0) is 12.1 Å². The van der Waals surface area contributed by atoms with Crippen LogP contribution in [0.15, 0.2) is 36.5 Å². The molecule has 2 rings (SSSR count). The number of carbonyl (C=O) groups excluding carboxylic acids is 1. The van der Waals surface area contributed by atoms with Crippen molar-refractivity contribution in [3.8, 4) is 5.75 Å². The van der Waals surface area contributed by atoms with Crippen LogP contribution in [0.25, 0.3) is 0 Å². The topological polar surface area (TPSA) is 73.4 Å². The first-order valence-electron chi connectivity index (χ1n) is 6.25. The molecule has 0 atom stereocenters. The number of anilines is 1. The standard InChI is InChI=1S/C14H18N4O2/c1-17(9-11-5-3-4-6-12(11)20-2)14(19)10-18-8-7-13(15)16-18/h3-8H,9-10H2,1-2H3,(H2,15,16). The van der Waals surface area contributed by atoms with Gasteiger partial charge < -0.3 is 15.4 Å². The summed E-state index contributed by atoms with van der Waals surface area (Å²) in [4.78, 5) is 13.7. The largest absolute Gasteiger partial charge is 0.496 e. The van der Waals surface area contributed by atoms with Crippen LogP contribution in [0.4, 0.5) is 5.82 Å². The van der Waals surface area contributed by atoms with E-state index in [4.69, 9.17) is 10.5 Å². The van der Waals surface area contributed by atoms with Gasteiger partial charge in [-0.15, -0.1) is 0 Å². The van der Waals surface area contributed by atoms with Crippen molar-refractivity contribution in [1.29, 1.82) is 0 Å². The van der Waals surface area contributed by atoms with Crippen LogP contribution in [0, 0.1) is 0 Å². The van der Waals surface area contributed by atoms with E-state index in [-0.39, 0.29) is 12.5 Å². The van der Waals surface area contributed by atoms with E-state index in [9.17, 15) is 4.79 Å². The molecular weight excluding hydrogens is 256 g/mol. The van der Waals surface area contributed by atoms with Crippen LogP contribution in [0.1, 0.15) is 5.56 Å². The molecule has 0 unspecified atom stereocenters. The van der Waals surface area contributed by atoms with Gasteiger partial charge in [0.25, 0.3) is 0 Å². The van der Waals surface area contributed by atoms with Crippen LogP contribution in [-0.2, 0) is 17.9 Å². The third-order valence-corrected chi connectivity index (χ3v) is 2.98. The molecule has 1 aromatic carbocycles. The Labute approximate surface area is 117 Å². The molecule has 6 nitrogen and oxygen atoms in total. The van der Waals surface area contributed by atoms with Crippen LogP contribution >= 0.6 is 0 Å². The lowest BCUT2D eigenvalue weighted by Crippen LogP contribution is -2.30. The van der Waals surface area contributed by atoms with Gasteiger partial charge in [0.05, 0.1) is 7.11 Å². The monoisotopic (exact) mass is 274 g/mol. The summed E-state index contributed by atoms with van der Waals surface area (Å²) < 4.78 is 6.80. The lowest BCUT2D eigenvalue weighted by molar-refractivity contribution is -0.131. The molecule has 0 aliphatic carbocycles. The summed E-state index contributed by atoms with van der Waals surface area (Å²) in [5.41, 5.74) is 6.48. The predicted octanol–water partition coefficient (Wildman–Crippen LogP) is 1.13. The van der Waals surface area contributed by atoms with E-state index in [2.05, 4.69) is 5.10 Å². The molecule has 0 aliphatic rings. The summed E-state index contributed by atoms with van der Waals surface area (Å²) in [6.07, 6.45) is 1.68. The van der Waals surface area contributed by atoms with Gasteiger partial charge >= 0.3 is 0 Å². The van der Waals surface area contributed by atoms with Crippen molar-refractivity contribution in [2.75, 3.05) is 19.9 Å². The average Bonchev–Trinajstić information content (AvgIpc) is 2.84. The first-order chi connectivity index (χ1) is 9.60. The predicted molar refractivity (Wildman–Crippen MR) is 76.1 cm³/mol. The summed E-state index contributed by atoms with van der Waals surface area (Å²) in [7, 11) is 3.37. The molecule has 1 heterocycles. The Morgan fingerprint density at radius 2 is 2.15 bits per heavy atom. The highest BCUT2D eigenvalue weighted by atomic mass is 16.5. The maximum atomic E-state index is 12.1. The molecule has 2 aromatic rings. The van der Waals surface area contributed by atoms with Gasteiger partial charge in [0.15, 0.2) is 0 Å². The molecule has 2 N–H and O–H groups in total. The molecule has 1 aromatic heterocycles. The van der Waals surface area contributed by atoms with E-state index in [0.29, 0.717) is 12.4 Å². The van der Waals surface area contributed by atoms with Crippen LogP contribution in [0.2, 0.25) is 0 Å². The van der Waals surface area contributed by atoms with Gasteiger partial charge in [0.1, 0.15) is 18.1 Å². The van der Waals surface area contributed by atoms with Crippen LogP contribution in [0.5, 0.6) is 5.75 Å². The molecule has 1 amide bonds. The van der Waals surface area contributed by atoms with E-state index in [1.54, 1.807) is 31.3 Å². The number of benzene rings is 1. The SMILES string of the molecule is COc1ccccc1CN(C)C(=O)Cn1ccc(N)n1. The fourth-order valence-corrected chi connectivity index (χ4v) is 1.90. The summed E-state index contributed by atoms with van der Waals surface area (Å²) in [6, 6.07) is 9.30. The Morgan fingerprint density at radius 3 is 2.80 bits per heavy atom. The molecule has 0 fully saturated rings. The van der Waals surface area contributed by atoms with Gasteiger partial charge in [0.2, 0.25) is 5.91 Å². The van der Waals surface area contributed by atoms with Gasteiger partial charge in [-0.1, -0.05) is 18.2 Å². The van der Waals surface area contributed by atoms with Gasteiger partial charge in [-0.25, -0.2) is 0 Å². The van der Waals surface area contributed by atoms with Gasteiger partial charge in [-0.2, -0.15) is 5.10 Å². The molecule has 0 saturated carbocycles. The van der Waals surface area contributed by atoms with Crippen molar-refractivity contribution in [1.82, 2.24) is 14.7 Å². The number of rotatable bonds is 5. The molecule has 0 aliphatic heterocycles. The number of nitrogen functional groups attached to an aromatic ring is 1. The highest BCUT2D eigenvalue weighted by Gasteiger charge is 2.12. The first-order valence-corrected chi connectivity index (χ1v) is 6.25. The van der Waals surface area contributed by atoms with E-state index in [0.717, 1.165) is 11.3 Å². The Balaban J connectivity index is 2.00. The van der Waals surface area contributed by atoms with Crippen molar-refractivity contribution < 1.29 is 9.53 Å². The summed E-state index contributed by atoms with van der Waals surface area (Å²) in [6.45, 7) is 0.655. The molecule has 20 heavy (non-hydrogen) atoms. The highest BCUT2D eigenvalue weighted by Crippen LogP contribution is 2.18. The number of aromatic nitrogens is 2. The minimum absolute atomic E-state index is 0.0426. The molecule has 0 radical (unpaired) electrons. The number of nitrogens with zero attached hydrogens (tertiary/aromatic N) is 3. The van der Waals surface area contributed by atoms with E-state index in [1.165, 1.54) is 4.68 Å². The molecular formula is C14H18N4O2. The van der Waals surface area contributed by atoms with Crippen molar-refractivity contribution in [3.05, 3.63) is 42.1 Å². The highest BCUT2D eigenvalue weighted by molar-refractivity contribution is 5.75. The maximum Gasteiger partial charge on any atom is 0.244 e. The minimum atomic E-state index is -0.0426. The molecule has 6 heteroatoms. The van der Waals surface area contributed by atoms with Crippen LogP contribution in [-0.4, -0.2) is 34.7 Å². The van der Waals surface area contributed by atoms with Gasteiger partial charge in [-0.3, -0.25) is 9.48 Å². The molecule has 0 bridgehead atoms. The average molecular weight is 274 g/mol. The molecule has 106 valence electrons. The maximum absolute atomic E-state index is 12.1. The lowest BCUT2D eigenvalue weighted by atomic mass is 10.2. The van der Waals surface area contributed by atoms with Crippen molar-refractivity contribution in [2.45, 2.75) is 13.1 Å². The summed E-state index contributed by atoms with van der Waals surface area (Å²) in [5, 5.41) is 4.00. The van der Waals surface area contributed by atoms with E-state index in [1.807, 2.05) is 24.3 Å². The van der Waals surface area contributed by atoms with Crippen molar-refractivity contribution in [2.24, 2.45) is 0 Å². The summed E-state index contributed by atoms with van der Waals surface area (Å²) >= 11 is 0. The lowest BCUT2D eigenvalue weighted by Gasteiger charge is -2.18. The van der Waals surface area contributed by atoms with E-state index < -0.39 is 0 Å². The number of hydrogen-bond acceptors (Lipinski definition) is 4. The molecule has 0 saturated heterocycles. The number of carbonyl (C=O) groups is 1. The zero-order valence-electron chi connectivity index (χ0n) is 11.6. The zero-order valence-corrected chi connectivity index (χ0v) is 11.6. The van der Waals surface area contributed by atoms with Gasteiger partial charge in [0, 0.05) is 25.4 Å². The van der Waals surface area contributed by atoms with Crippen LogP contribution in [0.3, 0.4) is 0 Å². The normalized spacial score (nSPS) is 10.3. The first kappa shape index (κ1) is 13.9. The second kappa shape index (κ2) is 6.10. The number of nitrogens with two attached hydrogens (primary N) is 1. The fraction of sp³-hybridized carbons (Fsp3) is 0.286. The Morgan fingerprint density at radius 1 is 1.40 bits per heavy atom. The van der Waals surface area contributed by atoms with Crippen molar-refractivity contribution in [3.63, 3.8) is 0 Å². The Bertz CT molecular complexity index is 594. The fourth-order valence-electron chi connectivity index (χ4n) is 1.90. The third-order valence-electron chi connectivity index (χ3n) is 2.98. The smallest absolute Gasteiger partial charge is 0.244 e. The Hall–Kier alpha value is -2.50. The summed E-state index contributed by atoms with van der Waals surface area (Å²) in [5.74, 6) is 1.14. The third kappa shape index (κ3) is 3.28. The Kier molecular flexibility index (Phi) is 4.24. The van der Waals surface area contributed by atoms with Crippen LogP contribution < -0.4 is 10.5 Å². The number of methoxy groups -OCH3 is 1. The number of para-hydroxylation sites is 1. The second-order valence-corrected chi connectivity index (χ2v) is 4.50. The zero-order chi connectivity index (χ0) is 14.5. The number of likely N-dealkylation sites (N-methyl/N-ethyl adjacent to an activating group) is 1. The number of hydrogen-bond donors (Lipinski definition) is 1. The number of ether oxygens (including phenoxy) is 1. The minimum Gasteiger partial charge on any atom is -0.496 e. The number of amides is 1. The van der Waals surface area contributed by atoms with Crippen molar-refractivity contribution >= 4 is 11.7 Å². The second-order valence-electron chi connectivity index (χ2n) is 4.50. The van der Waals surface area contributed by atoms with E-state index >= 15 is 0 Å². The molecule has 0 spiro atoms.